The highest BCUT2D eigenvalue weighted by Crippen LogP contribution is 2.41. The average Bonchev–Trinajstić information content (AvgIpc) is 3.72. The summed E-state index contributed by atoms with van der Waals surface area (Å²) in [7, 11) is 0. The number of hydrogen-bond donors (Lipinski definition) is 2. The molecule has 5 aromatic rings. The lowest BCUT2D eigenvalue weighted by Crippen LogP contribution is -2.39. The van der Waals surface area contributed by atoms with Crippen LogP contribution < -0.4 is 14.6 Å². The number of rotatable bonds is 13. The van der Waals surface area contributed by atoms with E-state index < -0.39 is 23.2 Å². The zero-order chi connectivity index (χ0) is 34.4. The van der Waals surface area contributed by atoms with E-state index in [9.17, 15) is 14.3 Å². The van der Waals surface area contributed by atoms with Gasteiger partial charge in [-0.3, -0.25) is 4.79 Å². The van der Waals surface area contributed by atoms with E-state index in [-0.39, 0.29) is 24.6 Å². The summed E-state index contributed by atoms with van der Waals surface area (Å²) in [5, 5.41) is 31.3. The van der Waals surface area contributed by atoms with Gasteiger partial charge in [0.05, 0.1) is 35.4 Å². The Morgan fingerprint density at radius 1 is 1.17 bits per heavy atom. The van der Waals surface area contributed by atoms with Crippen molar-refractivity contribution < 1.29 is 28.0 Å². The molecule has 2 unspecified atom stereocenters. The summed E-state index contributed by atoms with van der Waals surface area (Å²) in [4.78, 5) is 17.0. The second-order valence-electron chi connectivity index (χ2n) is 11.9. The van der Waals surface area contributed by atoms with Crippen LogP contribution >= 0.6 is 11.3 Å². The molecule has 9 nitrogen and oxygen atoms in total. The van der Waals surface area contributed by atoms with Gasteiger partial charge >= 0.3 is 5.97 Å². The molecule has 0 aliphatic heterocycles. The average molecular weight is 672 g/mol. The van der Waals surface area contributed by atoms with Crippen molar-refractivity contribution in [2.45, 2.75) is 58.7 Å². The highest BCUT2D eigenvalue weighted by molar-refractivity contribution is 7.10. The minimum atomic E-state index is -1.86. The number of aromatic nitrogens is 4. The maximum Gasteiger partial charge on any atom is 0.325 e. The first-order valence-electron chi connectivity index (χ1n) is 15.6. The van der Waals surface area contributed by atoms with E-state index >= 15 is 4.39 Å². The second kappa shape index (κ2) is 14.9. The van der Waals surface area contributed by atoms with E-state index in [1.807, 2.05) is 42.9 Å². The third-order valence-corrected chi connectivity index (χ3v) is 9.17. The first-order chi connectivity index (χ1) is 23.0. The Bertz CT molecular complexity index is 1930. The van der Waals surface area contributed by atoms with Crippen LogP contribution in [-0.2, 0) is 23.5 Å². The number of esters is 1. The molecule has 2 N–H and O–H groups in total. The Balaban J connectivity index is 1.38. The van der Waals surface area contributed by atoms with Crippen molar-refractivity contribution >= 4 is 17.3 Å². The molecule has 0 aliphatic carbocycles. The molecule has 0 spiro atoms. The van der Waals surface area contributed by atoms with E-state index in [4.69, 9.17) is 15.0 Å². The molecule has 2 atom stereocenters. The number of aryl methyl sites for hydroxylation is 2. The van der Waals surface area contributed by atoms with Gasteiger partial charge in [0.15, 0.2) is 0 Å². The lowest BCUT2D eigenvalue weighted by molar-refractivity contribution is -0.689. The molecule has 5 rings (SSSR count). The summed E-state index contributed by atoms with van der Waals surface area (Å²) in [5.41, 5.74) is 2.64. The minimum Gasteiger partial charge on any atom is -0.425 e. The lowest BCUT2D eigenvalue weighted by atomic mass is 9.82. The smallest absolute Gasteiger partial charge is 0.325 e. The predicted octanol–water partition coefficient (Wildman–Crippen LogP) is 5.71. The summed E-state index contributed by atoms with van der Waals surface area (Å²) in [5.74, 6) is -2.15. The zero-order valence-electron chi connectivity index (χ0n) is 27.2. The molecule has 0 saturated heterocycles. The van der Waals surface area contributed by atoms with E-state index in [1.54, 1.807) is 43.8 Å². The lowest BCUT2D eigenvalue weighted by Gasteiger charge is -2.32. The van der Waals surface area contributed by atoms with Crippen molar-refractivity contribution in [3.05, 3.63) is 117 Å². The van der Waals surface area contributed by atoms with Crippen molar-refractivity contribution in [2.24, 2.45) is 0 Å². The normalized spacial score (nSPS) is 13.1. The molecule has 12 heteroatoms. The van der Waals surface area contributed by atoms with Gasteiger partial charge < -0.3 is 15.2 Å². The second-order valence-corrected chi connectivity index (χ2v) is 12.7. The molecular formula is C36H37F2N6O3S+. The number of hydrogen-bond acceptors (Lipinski definition) is 8. The largest absolute Gasteiger partial charge is 0.425 e. The number of carbonyl (C=O) groups is 1. The number of halogens is 2. The maximum absolute atomic E-state index is 15.3. The molecule has 0 bridgehead atoms. The third kappa shape index (κ3) is 7.82. The fourth-order valence-corrected chi connectivity index (χ4v) is 6.60. The fraction of sp³-hybridized carbons (Fsp3) is 0.306. The van der Waals surface area contributed by atoms with Crippen LogP contribution in [-0.4, -0.2) is 38.9 Å². The molecule has 0 radical (unpaired) electrons. The molecule has 0 amide bonds. The highest BCUT2D eigenvalue weighted by atomic mass is 32.1. The number of thiazole rings is 1. The summed E-state index contributed by atoms with van der Waals surface area (Å²) in [6.45, 7) is 8.71. The van der Waals surface area contributed by atoms with E-state index in [0.717, 1.165) is 47.4 Å². The third-order valence-electron chi connectivity index (χ3n) is 8.15. The van der Waals surface area contributed by atoms with Crippen LogP contribution in [0.25, 0.3) is 11.3 Å². The topological polar surface area (TPSA) is 117 Å². The van der Waals surface area contributed by atoms with E-state index in [0.29, 0.717) is 28.6 Å². The summed E-state index contributed by atoms with van der Waals surface area (Å²) in [6.07, 6.45) is 4.24. The molecule has 2 aromatic heterocycles. The maximum atomic E-state index is 15.3. The van der Waals surface area contributed by atoms with Crippen molar-refractivity contribution in [3.8, 4) is 23.1 Å². The van der Waals surface area contributed by atoms with Crippen molar-refractivity contribution in [1.29, 1.82) is 5.26 Å². The van der Waals surface area contributed by atoms with Crippen LogP contribution in [0, 0.1) is 36.8 Å². The molecule has 0 aliphatic rings. The number of nitrogens with zero attached hydrogens (tertiary/aromatic N) is 5. The van der Waals surface area contributed by atoms with Crippen LogP contribution in [0.4, 0.5) is 8.78 Å². The molecule has 3 aromatic carbocycles. The van der Waals surface area contributed by atoms with Gasteiger partial charge in [-0.2, -0.15) is 5.26 Å². The highest BCUT2D eigenvalue weighted by Gasteiger charge is 2.43. The van der Waals surface area contributed by atoms with E-state index in [2.05, 4.69) is 16.5 Å². The number of nitriles is 1. The molecule has 0 fully saturated rings. The van der Waals surface area contributed by atoms with Crippen LogP contribution in [0.3, 0.4) is 0 Å². The van der Waals surface area contributed by atoms with Gasteiger partial charge in [0, 0.05) is 33.6 Å². The molecular weight excluding hydrogens is 634 g/mol. The zero-order valence-corrected chi connectivity index (χ0v) is 28.0. The van der Waals surface area contributed by atoms with Gasteiger partial charge in [0.2, 0.25) is 6.33 Å². The van der Waals surface area contributed by atoms with Gasteiger partial charge in [-0.1, -0.05) is 32.0 Å². The number of ether oxygens (including phenoxy) is 1. The van der Waals surface area contributed by atoms with Crippen molar-refractivity contribution in [1.82, 2.24) is 20.1 Å². The number of aliphatic hydroxyl groups is 1. The number of carbonyl (C=O) groups excluding carboxylic acids is 1. The van der Waals surface area contributed by atoms with Crippen LogP contribution in [0.2, 0.25) is 0 Å². The van der Waals surface area contributed by atoms with Crippen LogP contribution in [0.5, 0.6) is 5.75 Å². The quantitative estimate of drug-likeness (QED) is 0.0714. The van der Waals surface area contributed by atoms with Gasteiger partial charge in [-0.25, -0.2) is 18.3 Å². The first-order valence-corrected chi connectivity index (χ1v) is 16.5. The fourth-order valence-electron chi connectivity index (χ4n) is 5.63. The number of benzene rings is 3. The Kier molecular flexibility index (Phi) is 10.7. The monoisotopic (exact) mass is 671 g/mol. The van der Waals surface area contributed by atoms with Gasteiger partial charge in [-0.05, 0) is 73.8 Å². The Morgan fingerprint density at radius 3 is 2.56 bits per heavy atom. The van der Waals surface area contributed by atoms with Gasteiger partial charge in [0.25, 0.3) is 6.33 Å². The summed E-state index contributed by atoms with van der Waals surface area (Å²) >= 11 is 1.32. The van der Waals surface area contributed by atoms with Crippen LogP contribution in [0.1, 0.15) is 59.0 Å². The predicted molar refractivity (Wildman–Crippen MR) is 177 cm³/mol. The molecule has 0 saturated carbocycles. The minimum absolute atomic E-state index is 0.0742. The molecule has 248 valence electrons. The summed E-state index contributed by atoms with van der Waals surface area (Å²) < 4.78 is 38.2. The SMILES string of the molecule is CCCNCC(=O)Oc1c(C)cc(C[n+]2cnn(CC(O)(c3ccc(F)cc3F)C(C)c3nc(-c4ccc(C#N)cc4)cs3)c2)cc1C. The Morgan fingerprint density at radius 2 is 1.90 bits per heavy atom. The molecule has 48 heavy (non-hydrogen) atoms. The summed E-state index contributed by atoms with van der Waals surface area (Å²) in [6, 6.07) is 16.1. The van der Waals surface area contributed by atoms with Gasteiger partial charge in [-0.15, -0.1) is 16.0 Å². The van der Waals surface area contributed by atoms with Crippen LogP contribution in [0.15, 0.2) is 72.6 Å². The van der Waals surface area contributed by atoms with Crippen molar-refractivity contribution in [2.75, 3.05) is 13.1 Å². The Labute approximate surface area is 282 Å². The van der Waals surface area contributed by atoms with Gasteiger partial charge in [0.1, 0.15) is 29.5 Å². The number of nitrogens with one attached hydrogen (secondary N) is 1. The molecule has 2 heterocycles. The standard InChI is InChI=1S/C36H37F2N6O3S/c1-5-12-40-17-33(45)47-34-23(2)13-27(14-24(34)3)18-43-21-41-44(22-43)20-36(46,30-11-10-29(37)15-31(30)38)25(4)35-42-32(19-48-35)28-8-6-26(16-39)7-9-28/h6-11,13-15,19,21-22,25,40,46H,5,12,17-18,20H2,1-4H3/q+1. The first kappa shape index (κ1) is 34.5. The van der Waals surface area contributed by atoms with Crippen molar-refractivity contribution in [3.63, 3.8) is 0 Å². The Hall–Kier alpha value is -4.83. The van der Waals surface area contributed by atoms with E-state index in [1.165, 1.54) is 22.1 Å².